The third-order valence-electron chi connectivity index (χ3n) is 5.92. The lowest BCUT2D eigenvalue weighted by atomic mass is 9.88. The van der Waals surface area contributed by atoms with E-state index in [0.29, 0.717) is 62.8 Å². The minimum absolute atomic E-state index is 0.143. The largest absolute Gasteiger partial charge is 0.379 e. The van der Waals surface area contributed by atoms with Crippen molar-refractivity contribution in [3.8, 4) is 0 Å². The Morgan fingerprint density at radius 2 is 1.55 bits per heavy atom. The van der Waals surface area contributed by atoms with Gasteiger partial charge in [-0.15, -0.1) is 0 Å². The van der Waals surface area contributed by atoms with Crippen LogP contribution in [0.4, 0.5) is 0 Å². The number of hydrogen-bond acceptors (Lipinski definition) is 6. The van der Waals surface area contributed by atoms with Gasteiger partial charge in [-0.2, -0.15) is 0 Å². The Labute approximate surface area is 184 Å². The van der Waals surface area contributed by atoms with E-state index in [9.17, 15) is 14.4 Å². The average Bonchev–Trinajstić information content (AvgIpc) is 2.80. The first kappa shape index (κ1) is 23.2. The zero-order valence-corrected chi connectivity index (χ0v) is 18.9. The van der Waals surface area contributed by atoms with Crippen molar-refractivity contribution in [1.82, 2.24) is 14.7 Å². The van der Waals surface area contributed by atoms with Crippen LogP contribution >= 0.6 is 0 Å². The highest BCUT2D eigenvalue weighted by atomic mass is 16.5. The van der Waals surface area contributed by atoms with E-state index in [1.54, 1.807) is 29.2 Å². The average molecular weight is 428 g/mol. The number of fused-ring (bicyclic) bond motifs is 1. The van der Waals surface area contributed by atoms with Crippen molar-refractivity contribution in [2.45, 2.75) is 33.6 Å². The molecule has 0 radical (unpaired) electrons. The minimum atomic E-state index is -0.247. The van der Waals surface area contributed by atoms with Crippen LogP contribution in [0.1, 0.15) is 54.3 Å². The second kappa shape index (κ2) is 10.7. The van der Waals surface area contributed by atoms with Crippen molar-refractivity contribution < 1.29 is 19.1 Å². The monoisotopic (exact) mass is 427 g/mol. The fraction of sp³-hybridized carbons (Fsp3) is 0.542. The zero-order valence-electron chi connectivity index (χ0n) is 18.9. The van der Waals surface area contributed by atoms with Gasteiger partial charge in [-0.3, -0.25) is 19.3 Å². The van der Waals surface area contributed by atoms with Gasteiger partial charge in [-0.25, -0.2) is 0 Å². The maximum Gasteiger partial charge on any atom is 0.241 e. The first-order chi connectivity index (χ1) is 15.0. The zero-order chi connectivity index (χ0) is 22.4. The molecule has 1 fully saturated rings. The summed E-state index contributed by atoms with van der Waals surface area (Å²) < 4.78 is 5.39. The van der Waals surface area contributed by atoms with E-state index in [1.165, 1.54) is 0 Å². The smallest absolute Gasteiger partial charge is 0.241 e. The molecule has 1 aromatic rings. The molecular weight excluding hydrogens is 394 g/mol. The fourth-order valence-corrected chi connectivity index (χ4v) is 4.15. The van der Waals surface area contributed by atoms with Gasteiger partial charge in [0.2, 0.25) is 17.5 Å². The number of ketones is 2. The number of allylic oxidation sites excluding steroid dienone is 2. The van der Waals surface area contributed by atoms with Crippen molar-refractivity contribution in [3.63, 3.8) is 0 Å². The van der Waals surface area contributed by atoms with Gasteiger partial charge in [0.1, 0.15) is 11.4 Å². The Balaban J connectivity index is 2.07. The van der Waals surface area contributed by atoms with Gasteiger partial charge >= 0.3 is 0 Å². The first-order valence-corrected chi connectivity index (χ1v) is 11.3. The Morgan fingerprint density at radius 3 is 2.10 bits per heavy atom. The number of morpholine rings is 1. The molecule has 1 heterocycles. The molecule has 0 saturated carbocycles. The summed E-state index contributed by atoms with van der Waals surface area (Å²) in [4.78, 5) is 46.1. The maximum atomic E-state index is 13.6. The minimum Gasteiger partial charge on any atom is -0.379 e. The molecule has 1 aliphatic heterocycles. The van der Waals surface area contributed by atoms with Crippen LogP contribution in [0.15, 0.2) is 35.7 Å². The fourth-order valence-electron chi connectivity index (χ4n) is 4.15. The molecule has 0 unspecified atom stereocenters. The van der Waals surface area contributed by atoms with Crippen LogP contribution in [0.5, 0.6) is 0 Å². The van der Waals surface area contributed by atoms with Gasteiger partial charge in [0, 0.05) is 43.9 Å². The van der Waals surface area contributed by atoms with Gasteiger partial charge < -0.3 is 14.5 Å². The summed E-state index contributed by atoms with van der Waals surface area (Å²) in [7, 11) is 0. The number of ether oxygens (including phenoxy) is 1. The Bertz CT molecular complexity index is 854. The van der Waals surface area contributed by atoms with Crippen LogP contribution in [-0.2, 0) is 9.53 Å². The number of benzene rings is 1. The predicted molar refractivity (Wildman–Crippen MR) is 119 cm³/mol. The number of unbranched alkanes of at least 4 members (excludes halogenated alkanes) is 1. The number of carbonyl (C=O) groups excluding carboxylic acids is 3. The van der Waals surface area contributed by atoms with Gasteiger partial charge in [0.25, 0.3) is 0 Å². The summed E-state index contributed by atoms with van der Waals surface area (Å²) in [5.41, 5.74) is 1.37. The number of nitrogens with zero attached hydrogens (tertiary/aromatic N) is 3. The highest BCUT2D eigenvalue weighted by Gasteiger charge is 2.39. The highest BCUT2D eigenvalue weighted by Crippen LogP contribution is 2.31. The normalized spacial score (nSPS) is 17.0. The molecule has 1 amide bonds. The Hall–Kier alpha value is -2.51. The standard InChI is InChI=1S/C24H33N3O4/c1-4-7-12-27(20(28)17-25-13-15-31-16-14-25)22-21(26(5-2)6-3)23(29)18-10-8-9-11-19(18)24(22)30/h8-11H,4-7,12-17H2,1-3H3. The molecular formula is C24H33N3O4. The van der Waals surface area contributed by atoms with E-state index in [-0.39, 0.29) is 29.7 Å². The molecule has 1 aliphatic carbocycles. The summed E-state index contributed by atoms with van der Waals surface area (Å²) in [6.07, 6.45) is 1.64. The second-order valence-electron chi connectivity index (χ2n) is 7.86. The van der Waals surface area contributed by atoms with Crippen molar-refractivity contribution in [3.05, 3.63) is 46.8 Å². The molecule has 0 N–H and O–H groups in total. The van der Waals surface area contributed by atoms with Crippen molar-refractivity contribution in [2.24, 2.45) is 0 Å². The number of likely N-dealkylation sites (N-methyl/N-ethyl adjacent to an activating group) is 1. The van der Waals surface area contributed by atoms with Crippen molar-refractivity contribution in [2.75, 3.05) is 52.5 Å². The molecule has 0 aromatic heterocycles. The van der Waals surface area contributed by atoms with E-state index in [2.05, 4.69) is 0 Å². The molecule has 1 saturated heterocycles. The quantitative estimate of drug-likeness (QED) is 0.603. The van der Waals surface area contributed by atoms with Gasteiger partial charge in [0.05, 0.1) is 19.8 Å². The number of carbonyl (C=O) groups is 3. The van der Waals surface area contributed by atoms with E-state index in [1.807, 2.05) is 30.6 Å². The summed E-state index contributed by atoms with van der Waals surface area (Å²) in [6.45, 7) is 10.3. The third-order valence-corrected chi connectivity index (χ3v) is 5.92. The van der Waals surface area contributed by atoms with Crippen molar-refractivity contribution >= 4 is 17.5 Å². The van der Waals surface area contributed by atoms with Crippen LogP contribution in [-0.4, -0.2) is 84.7 Å². The predicted octanol–water partition coefficient (Wildman–Crippen LogP) is 2.58. The van der Waals surface area contributed by atoms with Crippen LogP contribution in [0.3, 0.4) is 0 Å². The molecule has 1 aromatic carbocycles. The lowest BCUT2D eigenvalue weighted by molar-refractivity contribution is -0.131. The summed E-state index contributed by atoms with van der Waals surface area (Å²) >= 11 is 0. The number of rotatable bonds is 9. The maximum absolute atomic E-state index is 13.6. The van der Waals surface area contributed by atoms with E-state index >= 15 is 0 Å². The second-order valence-corrected chi connectivity index (χ2v) is 7.86. The Morgan fingerprint density at radius 1 is 0.968 bits per heavy atom. The summed E-state index contributed by atoms with van der Waals surface area (Å²) in [6, 6.07) is 6.91. The summed E-state index contributed by atoms with van der Waals surface area (Å²) in [5.74, 6) is -0.575. The molecule has 0 spiro atoms. The van der Waals surface area contributed by atoms with E-state index in [4.69, 9.17) is 4.74 Å². The van der Waals surface area contributed by atoms with Crippen LogP contribution in [0, 0.1) is 0 Å². The van der Waals surface area contributed by atoms with Crippen LogP contribution in [0.2, 0.25) is 0 Å². The number of Topliss-reactive ketones (excluding diaryl/α,β-unsaturated/α-hetero) is 2. The molecule has 2 aliphatic rings. The van der Waals surface area contributed by atoms with Crippen LogP contribution < -0.4 is 0 Å². The van der Waals surface area contributed by atoms with E-state index in [0.717, 1.165) is 12.8 Å². The van der Waals surface area contributed by atoms with Gasteiger partial charge in [0.15, 0.2) is 0 Å². The van der Waals surface area contributed by atoms with Gasteiger partial charge in [-0.05, 0) is 20.3 Å². The number of amides is 1. The van der Waals surface area contributed by atoms with Gasteiger partial charge in [-0.1, -0.05) is 37.6 Å². The molecule has 0 bridgehead atoms. The van der Waals surface area contributed by atoms with Crippen LogP contribution in [0.25, 0.3) is 0 Å². The van der Waals surface area contributed by atoms with Crippen molar-refractivity contribution in [1.29, 1.82) is 0 Å². The number of hydrogen-bond donors (Lipinski definition) is 0. The highest BCUT2D eigenvalue weighted by molar-refractivity contribution is 6.27. The third kappa shape index (κ3) is 4.88. The SMILES string of the molecule is CCCCN(C(=O)CN1CCOCC1)C1=C(N(CC)CC)C(=O)c2ccccc2C1=O. The topological polar surface area (TPSA) is 70.2 Å². The van der Waals surface area contributed by atoms with E-state index < -0.39 is 0 Å². The lowest BCUT2D eigenvalue weighted by Crippen LogP contribution is -2.48. The first-order valence-electron chi connectivity index (χ1n) is 11.3. The Kier molecular flexibility index (Phi) is 7.98. The molecule has 7 heteroatoms. The summed E-state index contributed by atoms with van der Waals surface area (Å²) in [5, 5.41) is 0. The molecule has 7 nitrogen and oxygen atoms in total. The molecule has 0 atom stereocenters. The lowest BCUT2D eigenvalue weighted by Gasteiger charge is -2.35. The molecule has 31 heavy (non-hydrogen) atoms. The molecule has 3 rings (SSSR count). The molecule has 168 valence electrons.